The molecule has 0 saturated carbocycles. The van der Waals surface area contributed by atoms with Crippen molar-refractivity contribution >= 4 is 18.3 Å². The Kier molecular flexibility index (Phi) is 9.63. The second-order valence-electron chi connectivity index (χ2n) is 8.06. The molecule has 1 amide bonds. The van der Waals surface area contributed by atoms with Gasteiger partial charge in [-0.15, -0.1) is 12.4 Å². The molecule has 30 heavy (non-hydrogen) atoms. The fraction of sp³-hybridized carbons (Fsp3) is 0.458. The van der Waals surface area contributed by atoms with Crippen LogP contribution in [0.25, 0.3) is 0 Å². The van der Waals surface area contributed by atoms with E-state index < -0.39 is 0 Å². The summed E-state index contributed by atoms with van der Waals surface area (Å²) < 4.78 is 11.3. The summed E-state index contributed by atoms with van der Waals surface area (Å²) in [5.41, 5.74) is 3.35. The fourth-order valence-corrected chi connectivity index (χ4v) is 3.88. The third-order valence-electron chi connectivity index (χ3n) is 5.53. The van der Waals surface area contributed by atoms with Gasteiger partial charge in [-0.1, -0.05) is 42.0 Å². The van der Waals surface area contributed by atoms with E-state index in [1.54, 1.807) is 7.11 Å². The average molecular weight is 433 g/mol. The van der Waals surface area contributed by atoms with E-state index in [0.29, 0.717) is 26.2 Å². The van der Waals surface area contributed by atoms with Crippen molar-refractivity contribution in [3.8, 4) is 5.75 Å². The van der Waals surface area contributed by atoms with Crippen LogP contribution in [0.15, 0.2) is 48.5 Å². The number of aryl methyl sites for hydroxylation is 1. The normalized spacial score (nSPS) is 15.1. The molecule has 1 aliphatic rings. The minimum absolute atomic E-state index is 0. The van der Waals surface area contributed by atoms with E-state index in [-0.39, 0.29) is 23.7 Å². The first-order valence-corrected chi connectivity index (χ1v) is 10.3. The molecule has 1 aliphatic heterocycles. The standard InChI is InChI=1S/C24H32N2O3.ClH/c1-19-5-3-7-21(13-19)16-29-22-8-4-6-20(14-22)15-23(27)26-17-24(18-28-2)9-11-25-12-10-24;/h3-8,13-14,25H,9-12,15-18H2,1-2H3,(H,26,27);1H. The van der Waals surface area contributed by atoms with Crippen LogP contribution in [0.5, 0.6) is 5.75 Å². The molecule has 6 heteroatoms. The number of carbonyl (C=O) groups is 1. The van der Waals surface area contributed by atoms with Gasteiger partial charge >= 0.3 is 0 Å². The second kappa shape index (κ2) is 11.9. The molecule has 1 heterocycles. The Morgan fingerprint density at radius 3 is 2.57 bits per heavy atom. The van der Waals surface area contributed by atoms with Crippen molar-refractivity contribution in [1.82, 2.24) is 10.6 Å². The van der Waals surface area contributed by atoms with Crippen molar-refractivity contribution in [3.05, 3.63) is 65.2 Å². The fourth-order valence-electron chi connectivity index (χ4n) is 3.88. The van der Waals surface area contributed by atoms with Gasteiger partial charge in [-0.25, -0.2) is 0 Å². The molecule has 3 rings (SSSR count). The maximum Gasteiger partial charge on any atom is 0.224 e. The SMILES string of the molecule is COCC1(CNC(=O)Cc2cccc(OCc3cccc(C)c3)c2)CCNCC1.Cl. The Morgan fingerprint density at radius 2 is 1.83 bits per heavy atom. The monoisotopic (exact) mass is 432 g/mol. The summed E-state index contributed by atoms with van der Waals surface area (Å²) in [6.07, 6.45) is 2.38. The van der Waals surface area contributed by atoms with Crippen LogP contribution in [0.1, 0.15) is 29.5 Å². The molecule has 0 atom stereocenters. The summed E-state index contributed by atoms with van der Waals surface area (Å²) >= 11 is 0. The van der Waals surface area contributed by atoms with Gasteiger partial charge in [0, 0.05) is 19.1 Å². The third-order valence-corrected chi connectivity index (χ3v) is 5.53. The van der Waals surface area contributed by atoms with E-state index >= 15 is 0 Å². The summed E-state index contributed by atoms with van der Waals surface area (Å²) in [5, 5.41) is 6.50. The van der Waals surface area contributed by atoms with Crippen LogP contribution in [0.2, 0.25) is 0 Å². The maximum absolute atomic E-state index is 12.5. The molecule has 164 valence electrons. The topological polar surface area (TPSA) is 59.6 Å². The molecule has 1 fully saturated rings. The molecule has 0 aliphatic carbocycles. The van der Waals surface area contributed by atoms with Gasteiger partial charge in [0.2, 0.25) is 5.91 Å². The number of nitrogens with one attached hydrogen (secondary N) is 2. The molecule has 0 unspecified atom stereocenters. The molecule has 0 spiro atoms. The Hall–Kier alpha value is -2.08. The van der Waals surface area contributed by atoms with Gasteiger partial charge < -0.3 is 20.1 Å². The van der Waals surface area contributed by atoms with Crippen LogP contribution in [0, 0.1) is 12.3 Å². The summed E-state index contributed by atoms with van der Waals surface area (Å²) in [4.78, 5) is 12.5. The number of methoxy groups -OCH3 is 1. The summed E-state index contributed by atoms with van der Waals surface area (Å²) in [6.45, 7) is 5.87. The number of carbonyl (C=O) groups excluding carboxylic acids is 1. The van der Waals surface area contributed by atoms with E-state index in [2.05, 4.69) is 35.8 Å². The van der Waals surface area contributed by atoms with Gasteiger partial charge in [-0.3, -0.25) is 4.79 Å². The minimum atomic E-state index is 0. The number of hydrogen-bond acceptors (Lipinski definition) is 4. The number of halogens is 1. The zero-order valence-corrected chi connectivity index (χ0v) is 18.7. The van der Waals surface area contributed by atoms with Crippen LogP contribution < -0.4 is 15.4 Å². The Labute approximate surface area is 186 Å². The van der Waals surface area contributed by atoms with E-state index in [1.807, 2.05) is 30.3 Å². The van der Waals surface area contributed by atoms with Crippen molar-refractivity contribution in [2.45, 2.75) is 32.8 Å². The van der Waals surface area contributed by atoms with Gasteiger partial charge in [0.05, 0.1) is 13.0 Å². The first kappa shape index (κ1) is 24.2. The summed E-state index contributed by atoms with van der Waals surface area (Å²) in [6, 6.07) is 16.1. The van der Waals surface area contributed by atoms with E-state index in [9.17, 15) is 4.79 Å². The number of rotatable bonds is 9. The molecule has 0 bridgehead atoms. The van der Waals surface area contributed by atoms with Crippen LogP contribution >= 0.6 is 12.4 Å². The molecule has 1 saturated heterocycles. The van der Waals surface area contributed by atoms with E-state index in [0.717, 1.165) is 42.8 Å². The van der Waals surface area contributed by atoms with E-state index in [1.165, 1.54) is 5.56 Å². The predicted octanol–water partition coefficient (Wildman–Crippen LogP) is 3.67. The molecule has 2 aromatic rings. The first-order valence-electron chi connectivity index (χ1n) is 10.3. The van der Waals surface area contributed by atoms with Gasteiger partial charge in [-0.05, 0) is 56.1 Å². The molecule has 2 N–H and O–H groups in total. The van der Waals surface area contributed by atoms with Crippen molar-refractivity contribution in [2.24, 2.45) is 5.41 Å². The highest BCUT2D eigenvalue weighted by molar-refractivity contribution is 5.85. The number of benzene rings is 2. The maximum atomic E-state index is 12.5. The van der Waals surface area contributed by atoms with Crippen molar-refractivity contribution in [3.63, 3.8) is 0 Å². The first-order chi connectivity index (χ1) is 14.1. The van der Waals surface area contributed by atoms with Gasteiger partial charge in [0.15, 0.2) is 0 Å². The van der Waals surface area contributed by atoms with E-state index in [4.69, 9.17) is 9.47 Å². The second-order valence-corrected chi connectivity index (χ2v) is 8.06. The quantitative estimate of drug-likeness (QED) is 0.634. The predicted molar refractivity (Wildman–Crippen MR) is 122 cm³/mol. The van der Waals surface area contributed by atoms with Gasteiger partial charge in [-0.2, -0.15) is 0 Å². The average Bonchev–Trinajstić information content (AvgIpc) is 2.72. The zero-order valence-electron chi connectivity index (χ0n) is 17.9. The smallest absolute Gasteiger partial charge is 0.224 e. The summed E-state index contributed by atoms with van der Waals surface area (Å²) in [5.74, 6) is 0.820. The molecule has 0 radical (unpaired) electrons. The molecule has 5 nitrogen and oxygen atoms in total. The lowest BCUT2D eigenvalue weighted by atomic mass is 9.79. The highest BCUT2D eigenvalue weighted by Crippen LogP contribution is 2.28. The van der Waals surface area contributed by atoms with Crippen LogP contribution in [-0.4, -0.2) is 39.3 Å². The highest BCUT2D eigenvalue weighted by Gasteiger charge is 2.32. The number of amides is 1. The summed E-state index contributed by atoms with van der Waals surface area (Å²) in [7, 11) is 1.73. The Balaban J connectivity index is 0.00000320. The largest absolute Gasteiger partial charge is 0.489 e. The lowest BCUT2D eigenvalue weighted by Gasteiger charge is -2.37. The molecule has 0 aromatic heterocycles. The molecular formula is C24H33ClN2O3. The highest BCUT2D eigenvalue weighted by atomic mass is 35.5. The Morgan fingerprint density at radius 1 is 1.10 bits per heavy atom. The van der Waals surface area contributed by atoms with Crippen LogP contribution in [-0.2, 0) is 22.6 Å². The third kappa shape index (κ3) is 7.31. The number of hydrogen-bond donors (Lipinski definition) is 2. The van der Waals surface area contributed by atoms with Crippen LogP contribution in [0.3, 0.4) is 0 Å². The van der Waals surface area contributed by atoms with Crippen LogP contribution in [0.4, 0.5) is 0 Å². The minimum Gasteiger partial charge on any atom is -0.489 e. The van der Waals surface area contributed by atoms with Gasteiger partial charge in [0.25, 0.3) is 0 Å². The van der Waals surface area contributed by atoms with Crippen molar-refractivity contribution < 1.29 is 14.3 Å². The van der Waals surface area contributed by atoms with Crippen molar-refractivity contribution in [2.75, 3.05) is 33.4 Å². The van der Waals surface area contributed by atoms with Crippen molar-refractivity contribution in [1.29, 1.82) is 0 Å². The number of piperidine rings is 1. The Bertz CT molecular complexity index is 801. The number of ether oxygens (including phenoxy) is 2. The lowest BCUT2D eigenvalue weighted by Crippen LogP contribution is -2.47. The van der Waals surface area contributed by atoms with Gasteiger partial charge in [0.1, 0.15) is 12.4 Å². The zero-order chi connectivity index (χ0) is 20.5. The lowest BCUT2D eigenvalue weighted by molar-refractivity contribution is -0.121. The molecular weight excluding hydrogens is 400 g/mol. The molecule has 2 aromatic carbocycles.